The molecule has 0 bridgehead atoms. The predicted molar refractivity (Wildman–Crippen MR) is 66.3 cm³/mol. The zero-order valence-corrected chi connectivity index (χ0v) is 10.5. The maximum Gasteiger partial charge on any atom is 0.254 e. The lowest BCUT2D eigenvalue weighted by atomic mass is 10.0. The van der Waals surface area contributed by atoms with Crippen LogP contribution >= 0.6 is 11.6 Å². The van der Waals surface area contributed by atoms with Crippen LogP contribution < -0.4 is 0 Å². The Kier molecular flexibility index (Phi) is 3.48. The fourth-order valence-corrected chi connectivity index (χ4v) is 2.22. The van der Waals surface area contributed by atoms with E-state index in [2.05, 4.69) is 0 Å². The topological polar surface area (TPSA) is 37.4 Å². The molecule has 1 aliphatic rings. The van der Waals surface area contributed by atoms with Gasteiger partial charge < -0.3 is 4.90 Å². The van der Waals surface area contributed by atoms with Gasteiger partial charge in [0.05, 0.1) is 0 Å². The average Bonchev–Trinajstić information content (AvgIpc) is 2.29. The summed E-state index contributed by atoms with van der Waals surface area (Å²) in [6.45, 7) is 2.92. The summed E-state index contributed by atoms with van der Waals surface area (Å²) in [6, 6.07) is 5.25. The summed E-state index contributed by atoms with van der Waals surface area (Å²) in [7, 11) is 0. The summed E-state index contributed by atoms with van der Waals surface area (Å²) >= 11 is 5.86. The van der Waals surface area contributed by atoms with Crippen LogP contribution in [0.1, 0.15) is 28.8 Å². The van der Waals surface area contributed by atoms with Crippen LogP contribution in [0.2, 0.25) is 5.02 Å². The molecule has 1 heterocycles. The lowest BCUT2D eigenvalue weighted by molar-refractivity contribution is -0.120. The summed E-state index contributed by atoms with van der Waals surface area (Å²) < 4.78 is 0. The van der Waals surface area contributed by atoms with Crippen molar-refractivity contribution in [2.45, 2.75) is 19.8 Å². The molecule has 1 aromatic carbocycles. The molecule has 1 fully saturated rings. The normalized spacial score (nSPS) is 16.1. The van der Waals surface area contributed by atoms with Crippen molar-refractivity contribution in [3.05, 3.63) is 34.3 Å². The van der Waals surface area contributed by atoms with E-state index in [-0.39, 0.29) is 11.7 Å². The van der Waals surface area contributed by atoms with Gasteiger partial charge in [-0.25, -0.2) is 0 Å². The minimum atomic E-state index is -0.00772. The van der Waals surface area contributed by atoms with Crippen molar-refractivity contribution in [3.8, 4) is 0 Å². The van der Waals surface area contributed by atoms with Crippen LogP contribution in [0.3, 0.4) is 0 Å². The SMILES string of the molecule is Cc1cc(Cl)ccc1C(=O)N1CCC(=O)CC1. The van der Waals surface area contributed by atoms with Crippen molar-refractivity contribution >= 4 is 23.3 Å². The first-order valence-electron chi connectivity index (χ1n) is 5.65. The maximum absolute atomic E-state index is 12.2. The van der Waals surface area contributed by atoms with Crippen LogP contribution in [0, 0.1) is 6.92 Å². The monoisotopic (exact) mass is 251 g/mol. The smallest absolute Gasteiger partial charge is 0.254 e. The van der Waals surface area contributed by atoms with Crippen molar-refractivity contribution in [1.82, 2.24) is 4.90 Å². The molecule has 0 N–H and O–H groups in total. The number of hydrogen-bond acceptors (Lipinski definition) is 2. The summed E-state index contributed by atoms with van der Waals surface area (Å²) in [4.78, 5) is 25.1. The molecule has 0 unspecified atom stereocenters. The fourth-order valence-electron chi connectivity index (χ4n) is 2.00. The quantitative estimate of drug-likeness (QED) is 0.769. The molecule has 3 nitrogen and oxygen atoms in total. The molecule has 1 amide bonds. The fraction of sp³-hybridized carbons (Fsp3) is 0.385. The van der Waals surface area contributed by atoms with Gasteiger partial charge >= 0.3 is 0 Å². The van der Waals surface area contributed by atoms with Gasteiger partial charge in [-0.1, -0.05) is 11.6 Å². The molecule has 2 rings (SSSR count). The van der Waals surface area contributed by atoms with E-state index in [1.807, 2.05) is 6.92 Å². The first kappa shape index (κ1) is 12.1. The molecule has 0 saturated carbocycles. The number of amides is 1. The average molecular weight is 252 g/mol. The number of nitrogens with zero attached hydrogens (tertiary/aromatic N) is 1. The van der Waals surface area contributed by atoms with E-state index < -0.39 is 0 Å². The number of ketones is 1. The zero-order valence-electron chi connectivity index (χ0n) is 9.70. The Balaban J connectivity index is 2.16. The highest BCUT2D eigenvalue weighted by Gasteiger charge is 2.22. The molecule has 0 radical (unpaired) electrons. The lowest BCUT2D eigenvalue weighted by Gasteiger charge is -2.26. The van der Waals surface area contributed by atoms with Gasteiger partial charge in [0.15, 0.2) is 0 Å². The van der Waals surface area contributed by atoms with Crippen molar-refractivity contribution in [2.24, 2.45) is 0 Å². The van der Waals surface area contributed by atoms with Gasteiger partial charge in [0.2, 0.25) is 0 Å². The van der Waals surface area contributed by atoms with Crippen molar-refractivity contribution < 1.29 is 9.59 Å². The predicted octanol–water partition coefficient (Wildman–Crippen LogP) is 2.45. The Morgan fingerprint density at radius 3 is 2.53 bits per heavy atom. The first-order chi connectivity index (χ1) is 8.08. The van der Waals surface area contributed by atoms with E-state index in [0.717, 1.165) is 5.56 Å². The van der Waals surface area contributed by atoms with Crippen molar-refractivity contribution in [2.75, 3.05) is 13.1 Å². The van der Waals surface area contributed by atoms with Crippen LogP contribution in [0.5, 0.6) is 0 Å². The van der Waals surface area contributed by atoms with Gasteiger partial charge in [-0.15, -0.1) is 0 Å². The standard InChI is InChI=1S/C13H14ClNO2/c1-9-8-10(14)2-3-12(9)13(17)15-6-4-11(16)5-7-15/h2-3,8H,4-7H2,1H3. The number of rotatable bonds is 1. The molecule has 4 heteroatoms. The highest BCUT2D eigenvalue weighted by Crippen LogP contribution is 2.18. The third kappa shape index (κ3) is 2.67. The first-order valence-corrected chi connectivity index (χ1v) is 6.03. The van der Waals surface area contributed by atoms with Gasteiger partial charge in [0.25, 0.3) is 5.91 Å². The van der Waals surface area contributed by atoms with Gasteiger partial charge in [0, 0.05) is 36.5 Å². The van der Waals surface area contributed by atoms with Crippen molar-refractivity contribution in [1.29, 1.82) is 0 Å². The number of aryl methyl sites for hydroxylation is 1. The van der Waals surface area contributed by atoms with Gasteiger partial charge in [-0.2, -0.15) is 0 Å². The molecule has 17 heavy (non-hydrogen) atoms. The minimum Gasteiger partial charge on any atom is -0.338 e. The molecule has 0 aliphatic carbocycles. The zero-order chi connectivity index (χ0) is 12.4. The second-order valence-corrected chi connectivity index (χ2v) is 4.73. The molecule has 0 atom stereocenters. The molecule has 0 spiro atoms. The maximum atomic E-state index is 12.2. The molecule has 1 aliphatic heterocycles. The number of halogens is 1. The molecular weight excluding hydrogens is 238 g/mol. The number of carbonyl (C=O) groups excluding carboxylic acids is 2. The summed E-state index contributed by atoms with van der Waals surface area (Å²) in [5.41, 5.74) is 1.54. The van der Waals surface area contributed by atoms with Crippen LogP contribution in [-0.2, 0) is 4.79 Å². The molecular formula is C13H14ClNO2. The summed E-state index contributed by atoms with van der Waals surface area (Å²) in [5, 5.41) is 0.632. The van der Waals surface area contributed by atoms with E-state index in [1.165, 1.54) is 0 Å². The van der Waals surface area contributed by atoms with E-state index in [4.69, 9.17) is 11.6 Å². The Bertz CT molecular complexity index is 460. The van der Waals surface area contributed by atoms with Crippen molar-refractivity contribution in [3.63, 3.8) is 0 Å². The minimum absolute atomic E-state index is 0.00772. The number of carbonyl (C=O) groups is 2. The van der Waals surface area contributed by atoms with Crippen LogP contribution in [-0.4, -0.2) is 29.7 Å². The number of benzene rings is 1. The largest absolute Gasteiger partial charge is 0.338 e. The summed E-state index contributed by atoms with van der Waals surface area (Å²) in [6.07, 6.45) is 0.941. The number of Topliss-reactive ketones (excluding diaryl/α,β-unsaturated/α-hetero) is 1. The Hall–Kier alpha value is -1.35. The lowest BCUT2D eigenvalue weighted by Crippen LogP contribution is -2.38. The second-order valence-electron chi connectivity index (χ2n) is 4.29. The van der Waals surface area contributed by atoms with Gasteiger partial charge in [0.1, 0.15) is 5.78 Å². The van der Waals surface area contributed by atoms with Gasteiger partial charge in [-0.05, 0) is 30.7 Å². The number of piperidine rings is 1. The van der Waals surface area contributed by atoms with Crippen LogP contribution in [0.15, 0.2) is 18.2 Å². The van der Waals surface area contributed by atoms with E-state index in [1.54, 1.807) is 23.1 Å². The Morgan fingerprint density at radius 2 is 1.94 bits per heavy atom. The third-order valence-corrected chi connectivity index (χ3v) is 3.26. The van der Waals surface area contributed by atoms with Crippen LogP contribution in [0.25, 0.3) is 0 Å². The van der Waals surface area contributed by atoms with Gasteiger partial charge in [-0.3, -0.25) is 9.59 Å². The molecule has 90 valence electrons. The number of likely N-dealkylation sites (tertiary alicyclic amines) is 1. The molecule has 1 saturated heterocycles. The van der Waals surface area contributed by atoms with E-state index in [0.29, 0.717) is 36.5 Å². The Labute approximate surface area is 105 Å². The second kappa shape index (κ2) is 4.88. The van der Waals surface area contributed by atoms with E-state index >= 15 is 0 Å². The molecule has 1 aromatic rings. The van der Waals surface area contributed by atoms with E-state index in [9.17, 15) is 9.59 Å². The number of hydrogen-bond donors (Lipinski definition) is 0. The highest BCUT2D eigenvalue weighted by atomic mass is 35.5. The molecule has 0 aromatic heterocycles. The highest BCUT2D eigenvalue weighted by molar-refractivity contribution is 6.30. The third-order valence-electron chi connectivity index (χ3n) is 3.03. The summed E-state index contributed by atoms with van der Waals surface area (Å²) in [5.74, 6) is 0.230. The van der Waals surface area contributed by atoms with Crippen LogP contribution in [0.4, 0.5) is 0 Å². The Morgan fingerprint density at radius 1 is 1.29 bits per heavy atom.